The number of nitrogens with zero attached hydrogens (tertiary/aromatic N) is 3. The van der Waals surface area contributed by atoms with Crippen molar-refractivity contribution in [3.63, 3.8) is 0 Å². The van der Waals surface area contributed by atoms with Gasteiger partial charge in [-0.25, -0.2) is 0 Å². The molecule has 0 saturated carbocycles. The third-order valence-electron chi connectivity index (χ3n) is 2.13. The Morgan fingerprint density at radius 3 is 2.72 bits per heavy atom. The van der Waals surface area contributed by atoms with E-state index < -0.39 is 5.97 Å². The second-order valence-corrected chi connectivity index (χ2v) is 3.74. The molecular formula is C10H14N4O4. The van der Waals surface area contributed by atoms with Gasteiger partial charge in [-0.15, -0.1) is 0 Å². The Bertz CT molecular complexity index is 468. The van der Waals surface area contributed by atoms with Gasteiger partial charge in [0.15, 0.2) is 0 Å². The average Bonchev–Trinajstić information content (AvgIpc) is 2.63. The number of carbonyl (C=O) groups excluding carboxylic acids is 2. The van der Waals surface area contributed by atoms with E-state index in [-0.39, 0.29) is 24.9 Å². The van der Waals surface area contributed by atoms with Crippen molar-refractivity contribution in [1.29, 1.82) is 0 Å². The maximum absolute atomic E-state index is 11.5. The molecule has 1 aromatic heterocycles. The van der Waals surface area contributed by atoms with Crippen LogP contribution in [0, 0.1) is 0 Å². The van der Waals surface area contributed by atoms with E-state index >= 15 is 0 Å². The standard InChI is InChI=1S/C10H14N4O4/c1-7(15)13(2)5-9(16)12-8-3-11-14(4-8)6-10(17)18/h3-4H,5-6H2,1-2H3,(H,12,16)(H,17,18). The highest BCUT2D eigenvalue weighted by atomic mass is 16.4. The van der Waals surface area contributed by atoms with Gasteiger partial charge in [-0.2, -0.15) is 5.10 Å². The van der Waals surface area contributed by atoms with Crippen LogP contribution in [0.1, 0.15) is 6.92 Å². The summed E-state index contributed by atoms with van der Waals surface area (Å²) in [6.45, 7) is 1.01. The summed E-state index contributed by atoms with van der Waals surface area (Å²) in [6, 6.07) is 0. The lowest BCUT2D eigenvalue weighted by molar-refractivity contribution is -0.137. The molecule has 0 atom stereocenters. The van der Waals surface area contributed by atoms with E-state index in [1.165, 1.54) is 35.9 Å². The van der Waals surface area contributed by atoms with Crippen molar-refractivity contribution in [1.82, 2.24) is 14.7 Å². The number of likely N-dealkylation sites (N-methyl/N-ethyl adjacent to an activating group) is 1. The lowest BCUT2D eigenvalue weighted by Gasteiger charge is -2.13. The summed E-state index contributed by atoms with van der Waals surface area (Å²) in [5.41, 5.74) is 0.387. The van der Waals surface area contributed by atoms with Crippen molar-refractivity contribution in [2.45, 2.75) is 13.5 Å². The molecule has 18 heavy (non-hydrogen) atoms. The number of aromatic nitrogens is 2. The third-order valence-corrected chi connectivity index (χ3v) is 2.13. The first kappa shape index (κ1) is 13.7. The van der Waals surface area contributed by atoms with Crippen molar-refractivity contribution in [3.8, 4) is 0 Å². The zero-order valence-corrected chi connectivity index (χ0v) is 10.1. The number of rotatable bonds is 5. The van der Waals surface area contributed by atoms with Gasteiger partial charge in [0, 0.05) is 20.2 Å². The summed E-state index contributed by atoms with van der Waals surface area (Å²) in [4.78, 5) is 34.1. The summed E-state index contributed by atoms with van der Waals surface area (Å²) in [7, 11) is 1.51. The van der Waals surface area contributed by atoms with Gasteiger partial charge in [0.1, 0.15) is 6.54 Å². The fourth-order valence-electron chi connectivity index (χ4n) is 1.18. The molecule has 0 fully saturated rings. The summed E-state index contributed by atoms with van der Waals surface area (Å²) in [5.74, 6) is -1.61. The number of carboxylic acids is 1. The Kier molecular flexibility index (Phi) is 4.41. The Balaban J connectivity index is 2.52. The van der Waals surface area contributed by atoms with Crippen molar-refractivity contribution in [2.24, 2.45) is 0 Å². The minimum absolute atomic E-state index is 0.0700. The van der Waals surface area contributed by atoms with Crippen LogP contribution in [-0.2, 0) is 20.9 Å². The van der Waals surface area contributed by atoms with E-state index in [0.29, 0.717) is 5.69 Å². The minimum Gasteiger partial charge on any atom is -0.480 e. The summed E-state index contributed by atoms with van der Waals surface area (Å²) < 4.78 is 1.19. The second kappa shape index (κ2) is 5.80. The zero-order valence-electron chi connectivity index (χ0n) is 10.1. The van der Waals surface area contributed by atoms with Crippen LogP contribution >= 0.6 is 0 Å². The van der Waals surface area contributed by atoms with Crippen LogP contribution in [-0.4, -0.2) is 51.2 Å². The molecule has 0 spiro atoms. The molecule has 1 heterocycles. The summed E-state index contributed by atoms with van der Waals surface area (Å²) in [6.07, 6.45) is 2.74. The largest absolute Gasteiger partial charge is 0.480 e. The number of aliphatic carboxylic acids is 1. The van der Waals surface area contributed by atoms with Crippen molar-refractivity contribution < 1.29 is 19.5 Å². The smallest absolute Gasteiger partial charge is 0.325 e. The van der Waals surface area contributed by atoms with Crippen LogP contribution in [0.2, 0.25) is 0 Å². The summed E-state index contributed by atoms with van der Waals surface area (Å²) >= 11 is 0. The van der Waals surface area contributed by atoms with Gasteiger partial charge in [-0.1, -0.05) is 0 Å². The first-order valence-corrected chi connectivity index (χ1v) is 5.14. The molecule has 0 saturated heterocycles. The molecule has 1 aromatic rings. The maximum Gasteiger partial charge on any atom is 0.325 e. The average molecular weight is 254 g/mol. The van der Waals surface area contributed by atoms with Crippen LogP contribution in [0.3, 0.4) is 0 Å². The summed E-state index contributed by atoms with van der Waals surface area (Å²) in [5, 5.41) is 14.8. The molecule has 0 aliphatic heterocycles. The molecule has 0 radical (unpaired) electrons. The molecule has 0 bridgehead atoms. The molecular weight excluding hydrogens is 240 g/mol. The Morgan fingerprint density at radius 2 is 2.17 bits per heavy atom. The number of anilines is 1. The highest BCUT2D eigenvalue weighted by Crippen LogP contribution is 2.04. The predicted octanol–water partition coefficient (Wildman–Crippen LogP) is -0.615. The van der Waals surface area contributed by atoms with Crippen LogP contribution in [0.5, 0.6) is 0 Å². The van der Waals surface area contributed by atoms with E-state index in [9.17, 15) is 14.4 Å². The quantitative estimate of drug-likeness (QED) is 0.729. The Labute approximate surface area is 103 Å². The van der Waals surface area contributed by atoms with Gasteiger partial charge in [-0.3, -0.25) is 19.1 Å². The van der Waals surface area contributed by atoms with Crippen LogP contribution in [0.4, 0.5) is 5.69 Å². The number of amides is 2. The van der Waals surface area contributed by atoms with E-state index in [2.05, 4.69) is 10.4 Å². The highest BCUT2D eigenvalue weighted by Gasteiger charge is 2.10. The normalized spacial score (nSPS) is 9.89. The minimum atomic E-state index is -1.02. The van der Waals surface area contributed by atoms with Crippen molar-refractivity contribution in [2.75, 3.05) is 18.9 Å². The molecule has 1 rings (SSSR count). The molecule has 0 unspecified atom stereocenters. The van der Waals surface area contributed by atoms with Crippen molar-refractivity contribution in [3.05, 3.63) is 12.4 Å². The number of nitrogens with one attached hydrogen (secondary N) is 1. The van der Waals surface area contributed by atoms with Gasteiger partial charge >= 0.3 is 5.97 Å². The van der Waals surface area contributed by atoms with Gasteiger partial charge in [0.2, 0.25) is 11.8 Å². The molecule has 0 aliphatic carbocycles. The maximum atomic E-state index is 11.5. The van der Waals surface area contributed by atoms with Gasteiger partial charge in [0.05, 0.1) is 18.4 Å². The number of hydrogen-bond donors (Lipinski definition) is 2. The third kappa shape index (κ3) is 4.24. The first-order valence-electron chi connectivity index (χ1n) is 5.14. The van der Waals surface area contributed by atoms with Gasteiger partial charge < -0.3 is 15.3 Å². The van der Waals surface area contributed by atoms with E-state index in [1.54, 1.807) is 0 Å². The van der Waals surface area contributed by atoms with E-state index in [4.69, 9.17) is 5.11 Å². The molecule has 2 N–H and O–H groups in total. The fraction of sp³-hybridized carbons (Fsp3) is 0.400. The molecule has 0 aliphatic rings. The van der Waals surface area contributed by atoms with Crippen molar-refractivity contribution >= 4 is 23.5 Å². The van der Waals surface area contributed by atoms with Gasteiger partial charge in [0.25, 0.3) is 0 Å². The monoisotopic (exact) mass is 254 g/mol. The SMILES string of the molecule is CC(=O)N(C)CC(=O)Nc1cnn(CC(=O)O)c1. The molecule has 8 heteroatoms. The molecule has 8 nitrogen and oxygen atoms in total. The van der Waals surface area contributed by atoms with E-state index in [0.717, 1.165) is 0 Å². The van der Waals surface area contributed by atoms with Crippen LogP contribution < -0.4 is 5.32 Å². The first-order chi connectivity index (χ1) is 8.38. The fourth-order valence-corrected chi connectivity index (χ4v) is 1.18. The van der Waals surface area contributed by atoms with Crippen LogP contribution in [0.15, 0.2) is 12.4 Å². The lowest BCUT2D eigenvalue weighted by Crippen LogP contribution is -2.33. The van der Waals surface area contributed by atoms with Crippen LogP contribution in [0.25, 0.3) is 0 Å². The molecule has 98 valence electrons. The van der Waals surface area contributed by atoms with Gasteiger partial charge in [-0.05, 0) is 0 Å². The lowest BCUT2D eigenvalue weighted by atomic mass is 10.4. The number of hydrogen-bond acceptors (Lipinski definition) is 4. The predicted molar refractivity (Wildman–Crippen MR) is 61.8 cm³/mol. The second-order valence-electron chi connectivity index (χ2n) is 3.74. The molecule has 2 amide bonds. The molecule has 0 aromatic carbocycles. The number of carbonyl (C=O) groups is 3. The number of carboxylic acid groups (broad SMARTS) is 1. The Hall–Kier alpha value is -2.38. The topological polar surface area (TPSA) is 105 Å². The van der Waals surface area contributed by atoms with E-state index in [1.807, 2.05) is 0 Å². The zero-order chi connectivity index (χ0) is 13.7. The highest BCUT2D eigenvalue weighted by molar-refractivity contribution is 5.93. The Morgan fingerprint density at radius 1 is 1.50 bits per heavy atom.